The monoisotopic (exact) mass is 237 g/mol. The van der Waals surface area contributed by atoms with Crippen molar-refractivity contribution in [2.45, 2.75) is 26.4 Å². The maximum atomic E-state index is 11.4. The van der Waals surface area contributed by atoms with E-state index in [1.165, 1.54) is 0 Å². The summed E-state index contributed by atoms with van der Waals surface area (Å²) < 4.78 is 5.36. The van der Waals surface area contributed by atoms with Crippen LogP contribution >= 0.6 is 0 Å². The van der Waals surface area contributed by atoms with E-state index in [4.69, 9.17) is 4.74 Å². The number of ether oxygens (including phenoxy) is 1. The van der Waals surface area contributed by atoms with Gasteiger partial charge in [-0.1, -0.05) is 6.07 Å². The molecule has 2 amide bonds. The van der Waals surface area contributed by atoms with E-state index in [1.807, 2.05) is 19.9 Å². The van der Waals surface area contributed by atoms with Crippen molar-refractivity contribution < 1.29 is 9.53 Å². The van der Waals surface area contributed by atoms with Crippen LogP contribution < -0.4 is 10.6 Å². The number of amides is 2. The van der Waals surface area contributed by atoms with Gasteiger partial charge in [0.05, 0.1) is 6.10 Å². The number of hydrogen-bond acceptors (Lipinski definition) is 3. The highest BCUT2D eigenvalue weighted by atomic mass is 16.5. The van der Waals surface area contributed by atoms with Crippen molar-refractivity contribution in [2.24, 2.45) is 0 Å². The number of urea groups is 1. The van der Waals surface area contributed by atoms with Crippen LogP contribution in [0.4, 0.5) is 10.6 Å². The van der Waals surface area contributed by atoms with Gasteiger partial charge in [-0.3, -0.25) is 5.32 Å². The molecule has 1 aromatic rings. The first kappa shape index (κ1) is 13.4. The number of hydrogen-bond donors (Lipinski definition) is 2. The van der Waals surface area contributed by atoms with Gasteiger partial charge in [0.1, 0.15) is 5.82 Å². The van der Waals surface area contributed by atoms with Gasteiger partial charge >= 0.3 is 6.03 Å². The number of carbonyl (C=O) groups is 1. The predicted octanol–water partition coefficient (Wildman–Crippen LogP) is 2.02. The van der Waals surface area contributed by atoms with E-state index in [1.54, 1.807) is 18.3 Å². The summed E-state index contributed by atoms with van der Waals surface area (Å²) in [6.45, 7) is 5.22. The van der Waals surface area contributed by atoms with Gasteiger partial charge in [-0.2, -0.15) is 0 Å². The highest BCUT2D eigenvalue weighted by Crippen LogP contribution is 1.98. The SMILES string of the molecule is CC(C)OCCCNC(=O)Nc1ccccn1. The molecule has 0 unspecified atom stereocenters. The highest BCUT2D eigenvalue weighted by molar-refractivity contribution is 5.88. The smallest absolute Gasteiger partial charge is 0.320 e. The number of rotatable bonds is 6. The van der Waals surface area contributed by atoms with Gasteiger partial charge in [-0.05, 0) is 32.4 Å². The third kappa shape index (κ3) is 6.52. The van der Waals surface area contributed by atoms with Crippen molar-refractivity contribution in [2.75, 3.05) is 18.5 Å². The first-order valence-electron chi connectivity index (χ1n) is 5.76. The molecular formula is C12H19N3O2. The van der Waals surface area contributed by atoms with Gasteiger partial charge in [0.2, 0.25) is 0 Å². The summed E-state index contributed by atoms with van der Waals surface area (Å²) in [7, 11) is 0. The molecule has 0 atom stereocenters. The molecule has 0 aliphatic heterocycles. The summed E-state index contributed by atoms with van der Waals surface area (Å²) in [6, 6.07) is 5.11. The molecule has 0 radical (unpaired) electrons. The number of aromatic nitrogens is 1. The van der Waals surface area contributed by atoms with Crippen LogP contribution in [0.2, 0.25) is 0 Å². The number of carbonyl (C=O) groups excluding carboxylic acids is 1. The van der Waals surface area contributed by atoms with Crippen LogP contribution in [0.15, 0.2) is 24.4 Å². The molecular weight excluding hydrogens is 218 g/mol. The topological polar surface area (TPSA) is 63.2 Å². The second kappa shape index (κ2) is 7.62. The number of nitrogens with one attached hydrogen (secondary N) is 2. The van der Waals surface area contributed by atoms with Crippen LogP contribution in [0.25, 0.3) is 0 Å². The minimum Gasteiger partial charge on any atom is -0.379 e. The van der Waals surface area contributed by atoms with Crippen LogP contribution in [0.3, 0.4) is 0 Å². The van der Waals surface area contributed by atoms with E-state index < -0.39 is 0 Å². The summed E-state index contributed by atoms with van der Waals surface area (Å²) in [5.74, 6) is 0.545. The van der Waals surface area contributed by atoms with Crippen LogP contribution in [-0.4, -0.2) is 30.3 Å². The first-order chi connectivity index (χ1) is 8.18. The quantitative estimate of drug-likeness (QED) is 0.744. The summed E-state index contributed by atoms with van der Waals surface area (Å²) in [4.78, 5) is 15.4. The Labute approximate surface area is 102 Å². The predicted molar refractivity (Wildman–Crippen MR) is 67.0 cm³/mol. The van der Waals surface area contributed by atoms with Crippen LogP contribution in [0, 0.1) is 0 Å². The maximum absolute atomic E-state index is 11.4. The lowest BCUT2D eigenvalue weighted by Crippen LogP contribution is -2.30. The third-order valence-corrected chi connectivity index (χ3v) is 1.96. The highest BCUT2D eigenvalue weighted by Gasteiger charge is 2.00. The Kier molecular flexibility index (Phi) is 6.03. The largest absolute Gasteiger partial charge is 0.379 e. The van der Waals surface area contributed by atoms with Gasteiger partial charge in [-0.15, -0.1) is 0 Å². The molecule has 2 N–H and O–H groups in total. The number of nitrogens with zero attached hydrogens (tertiary/aromatic N) is 1. The molecule has 94 valence electrons. The average Bonchev–Trinajstić information content (AvgIpc) is 2.29. The maximum Gasteiger partial charge on any atom is 0.320 e. The molecule has 0 fully saturated rings. The van der Waals surface area contributed by atoms with Gasteiger partial charge in [0.15, 0.2) is 0 Å². The second-order valence-corrected chi connectivity index (χ2v) is 3.87. The molecule has 1 aromatic heterocycles. The average molecular weight is 237 g/mol. The van der Waals surface area contributed by atoms with Crippen molar-refractivity contribution in [3.05, 3.63) is 24.4 Å². The van der Waals surface area contributed by atoms with Gasteiger partial charge in [0.25, 0.3) is 0 Å². The van der Waals surface area contributed by atoms with Crippen molar-refractivity contribution in [1.29, 1.82) is 0 Å². The van der Waals surface area contributed by atoms with Crippen LogP contribution in [-0.2, 0) is 4.74 Å². The summed E-state index contributed by atoms with van der Waals surface area (Å²) >= 11 is 0. The van der Waals surface area contributed by atoms with E-state index in [0.29, 0.717) is 19.0 Å². The molecule has 17 heavy (non-hydrogen) atoms. The van der Waals surface area contributed by atoms with E-state index in [9.17, 15) is 4.79 Å². The lowest BCUT2D eigenvalue weighted by Gasteiger charge is -2.08. The zero-order valence-corrected chi connectivity index (χ0v) is 10.3. The van der Waals surface area contributed by atoms with E-state index in [0.717, 1.165) is 6.42 Å². The normalized spacial score (nSPS) is 10.3. The minimum atomic E-state index is -0.242. The zero-order chi connectivity index (χ0) is 12.5. The Bertz CT molecular complexity index is 328. The fourth-order valence-electron chi connectivity index (χ4n) is 1.19. The van der Waals surface area contributed by atoms with Crippen molar-refractivity contribution in [3.8, 4) is 0 Å². The Morgan fingerprint density at radius 3 is 2.94 bits per heavy atom. The molecule has 5 heteroatoms. The third-order valence-electron chi connectivity index (χ3n) is 1.96. The Morgan fingerprint density at radius 1 is 1.47 bits per heavy atom. The van der Waals surface area contributed by atoms with Gasteiger partial charge < -0.3 is 10.1 Å². The Balaban J connectivity index is 2.10. The molecule has 0 saturated carbocycles. The summed E-state index contributed by atoms with van der Waals surface area (Å²) in [5.41, 5.74) is 0. The van der Waals surface area contributed by atoms with E-state index in [2.05, 4.69) is 15.6 Å². The Morgan fingerprint density at radius 2 is 2.29 bits per heavy atom. The molecule has 1 heterocycles. The molecule has 0 bridgehead atoms. The lowest BCUT2D eigenvalue weighted by molar-refractivity contribution is 0.0775. The second-order valence-electron chi connectivity index (χ2n) is 3.87. The van der Waals surface area contributed by atoms with Crippen molar-refractivity contribution >= 4 is 11.8 Å². The molecule has 5 nitrogen and oxygen atoms in total. The lowest BCUT2D eigenvalue weighted by atomic mass is 10.4. The summed E-state index contributed by atoms with van der Waals surface area (Å²) in [6.07, 6.45) is 2.66. The van der Waals surface area contributed by atoms with Crippen LogP contribution in [0.5, 0.6) is 0 Å². The van der Waals surface area contributed by atoms with Crippen molar-refractivity contribution in [1.82, 2.24) is 10.3 Å². The molecule has 0 aliphatic carbocycles. The molecule has 0 spiro atoms. The fraction of sp³-hybridized carbons (Fsp3) is 0.500. The standard InChI is InChI=1S/C12H19N3O2/c1-10(2)17-9-5-8-14-12(16)15-11-6-3-4-7-13-11/h3-4,6-7,10H,5,8-9H2,1-2H3,(H2,13,14,15,16). The number of anilines is 1. The Hall–Kier alpha value is -1.62. The van der Waals surface area contributed by atoms with E-state index in [-0.39, 0.29) is 12.1 Å². The molecule has 1 rings (SSSR count). The van der Waals surface area contributed by atoms with Gasteiger partial charge in [-0.25, -0.2) is 9.78 Å². The minimum absolute atomic E-state index is 0.234. The van der Waals surface area contributed by atoms with Crippen LogP contribution in [0.1, 0.15) is 20.3 Å². The first-order valence-corrected chi connectivity index (χ1v) is 5.76. The van der Waals surface area contributed by atoms with Crippen molar-refractivity contribution in [3.63, 3.8) is 0 Å². The fourth-order valence-corrected chi connectivity index (χ4v) is 1.19. The van der Waals surface area contributed by atoms with Gasteiger partial charge in [0, 0.05) is 19.3 Å². The molecule has 0 aromatic carbocycles. The number of pyridine rings is 1. The zero-order valence-electron chi connectivity index (χ0n) is 10.3. The summed E-state index contributed by atoms with van der Waals surface area (Å²) in [5, 5.41) is 5.37. The van der Waals surface area contributed by atoms with E-state index >= 15 is 0 Å². The molecule has 0 saturated heterocycles. The molecule has 0 aliphatic rings.